The van der Waals surface area contributed by atoms with Crippen LogP contribution in [-0.2, 0) is 13.0 Å². The van der Waals surface area contributed by atoms with E-state index < -0.39 is 0 Å². The second-order valence-corrected chi connectivity index (χ2v) is 9.17. The van der Waals surface area contributed by atoms with Crippen LogP contribution in [0.1, 0.15) is 58.3 Å². The topological polar surface area (TPSA) is 103 Å². The Balaban J connectivity index is 1.27. The summed E-state index contributed by atoms with van der Waals surface area (Å²) in [5.41, 5.74) is 2.19. The lowest BCUT2D eigenvalue weighted by atomic mass is 9.90. The number of aromatic nitrogens is 2. The third-order valence-corrected chi connectivity index (χ3v) is 6.58. The van der Waals surface area contributed by atoms with Gasteiger partial charge < -0.3 is 20.0 Å². The molecule has 2 atom stereocenters. The van der Waals surface area contributed by atoms with Gasteiger partial charge in [-0.2, -0.15) is 0 Å². The minimum absolute atomic E-state index is 0.105. The largest absolute Gasteiger partial charge is 0.436 e. The molecule has 0 radical (unpaired) electrons. The predicted molar refractivity (Wildman–Crippen MR) is 121 cm³/mol. The van der Waals surface area contributed by atoms with E-state index in [1.54, 1.807) is 12.1 Å². The third kappa shape index (κ3) is 4.25. The van der Waals surface area contributed by atoms with Gasteiger partial charge in [0.05, 0.1) is 12.2 Å². The molecule has 3 N–H and O–H groups in total. The summed E-state index contributed by atoms with van der Waals surface area (Å²) in [6, 6.07) is 6.92. The standard InChI is InChI=1S/C23H26ClN5O3/c1-29-9-8-18-20(12-29)32-23(28-18)22(31)27-17-5-3-2-4-16(17)26-21(30)19-11-13-10-14(24)6-7-15(13)25-19/h6-7,10-11,16-17,25H,2-5,8-9,12H2,1H3,(H,26,30)(H,27,31)/t16-,17+/m1/s1. The van der Waals surface area contributed by atoms with E-state index in [4.69, 9.17) is 16.0 Å². The summed E-state index contributed by atoms with van der Waals surface area (Å²) >= 11 is 6.05. The number of benzene rings is 1. The van der Waals surface area contributed by atoms with Crippen LogP contribution in [0.3, 0.4) is 0 Å². The molecule has 2 aromatic heterocycles. The minimum atomic E-state index is -0.326. The Morgan fingerprint density at radius 3 is 2.69 bits per heavy atom. The molecule has 9 heteroatoms. The maximum Gasteiger partial charge on any atom is 0.307 e. The second-order valence-electron chi connectivity index (χ2n) is 8.74. The zero-order valence-electron chi connectivity index (χ0n) is 17.9. The quantitative estimate of drug-likeness (QED) is 0.560. The third-order valence-electron chi connectivity index (χ3n) is 6.34. The molecule has 2 amide bonds. The van der Waals surface area contributed by atoms with Crippen molar-refractivity contribution in [2.24, 2.45) is 0 Å². The van der Waals surface area contributed by atoms with Crippen LogP contribution in [0.5, 0.6) is 0 Å². The summed E-state index contributed by atoms with van der Waals surface area (Å²) in [5.74, 6) is 0.344. The van der Waals surface area contributed by atoms with Crippen molar-refractivity contribution in [3.63, 3.8) is 0 Å². The fraction of sp³-hybridized carbons (Fsp3) is 0.435. The molecule has 3 aromatic rings. The van der Waals surface area contributed by atoms with Gasteiger partial charge in [-0.3, -0.25) is 14.5 Å². The number of halogens is 1. The van der Waals surface area contributed by atoms with E-state index in [1.807, 2.05) is 19.2 Å². The molecule has 0 unspecified atom stereocenters. The number of H-pyrrole nitrogens is 1. The first kappa shape index (κ1) is 21.0. The fourth-order valence-corrected chi connectivity index (χ4v) is 4.78. The van der Waals surface area contributed by atoms with Crippen molar-refractivity contribution in [3.8, 4) is 0 Å². The van der Waals surface area contributed by atoms with Gasteiger partial charge in [-0.05, 0) is 44.2 Å². The Hall–Kier alpha value is -2.84. The Kier molecular flexibility index (Phi) is 5.65. The number of carbonyl (C=O) groups is 2. The Bertz CT molecular complexity index is 1170. The Morgan fingerprint density at radius 1 is 1.16 bits per heavy atom. The predicted octanol–water partition coefficient (Wildman–Crippen LogP) is 3.27. The highest BCUT2D eigenvalue weighted by Gasteiger charge is 2.31. The normalized spacial score (nSPS) is 21.3. The van der Waals surface area contributed by atoms with Crippen LogP contribution < -0.4 is 10.6 Å². The van der Waals surface area contributed by atoms with E-state index in [1.165, 1.54) is 0 Å². The lowest BCUT2D eigenvalue weighted by molar-refractivity contribution is 0.0839. The van der Waals surface area contributed by atoms with Gasteiger partial charge in [-0.1, -0.05) is 24.4 Å². The molecular weight excluding hydrogens is 430 g/mol. The molecule has 3 heterocycles. The molecule has 1 saturated carbocycles. The van der Waals surface area contributed by atoms with E-state index in [9.17, 15) is 9.59 Å². The van der Waals surface area contributed by atoms with Crippen molar-refractivity contribution in [2.75, 3.05) is 13.6 Å². The number of fused-ring (bicyclic) bond motifs is 2. The van der Waals surface area contributed by atoms with Crippen LogP contribution in [-0.4, -0.2) is 52.4 Å². The number of oxazole rings is 1. The van der Waals surface area contributed by atoms with E-state index >= 15 is 0 Å². The van der Waals surface area contributed by atoms with E-state index in [-0.39, 0.29) is 29.8 Å². The van der Waals surface area contributed by atoms with Crippen LogP contribution in [0.15, 0.2) is 28.7 Å². The molecule has 1 fully saturated rings. The summed E-state index contributed by atoms with van der Waals surface area (Å²) in [5, 5.41) is 7.65. The maximum atomic E-state index is 12.9. The lowest BCUT2D eigenvalue weighted by Crippen LogP contribution is -2.53. The van der Waals surface area contributed by atoms with Gasteiger partial charge in [0.1, 0.15) is 11.5 Å². The van der Waals surface area contributed by atoms with Gasteiger partial charge in [0.15, 0.2) is 0 Å². The van der Waals surface area contributed by atoms with Crippen LogP contribution in [0, 0.1) is 0 Å². The van der Waals surface area contributed by atoms with E-state index in [0.717, 1.165) is 61.0 Å². The van der Waals surface area contributed by atoms with Crippen molar-refractivity contribution in [1.29, 1.82) is 0 Å². The zero-order valence-corrected chi connectivity index (χ0v) is 18.7. The number of amides is 2. The molecule has 0 spiro atoms. The van der Waals surface area contributed by atoms with E-state index in [0.29, 0.717) is 17.3 Å². The van der Waals surface area contributed by atoms with Crippen LogP contribution in [0.25, 0.3) is 10.9 Å². The molecule has 1 aliphatic carbocycles. The second kappa shape index (κ2) is 8.60. The Labute approximate surface area is 190 Å². The first-order valence-corrected chi connectivity index (χ1v) is 11.4. The zero-order chi connectivity index (χ0) is 22.2. The highest BCUT2D eigenvalue weighted by Crippen LogP contribution is 2.23. The van der Waals surface area contributed by atoms with Crippen molar-refractivity contribution < 1.29 is 14.0 Å². The Morgan fingerprint density at radius 2 is 1.91 bits per heavy atom. The van der Waals surface area contributed by atoms with E-state index in [2.05, 4.69) is 25.5 Å². The molecule has 1 aromatic carbocycles. The van der Waals surface area contributed by atoms with Gasteiger partial charge >= 0.3 is 5.91 Å². The molecule has 32 heavy (non-hydrogen) atoms. The first-order chi connectivity index (χ1) is 15.5. The molecule has 2 aliphatic rings. The maximum absolute atomic E-state index is 12.9. The van der Waals surface area contributed by atoms with Crippen molar-refractivity contribution in [2.45, 2.75) is 50.7 Å². The molecular formula is C23H26ClN5O3. The first-order valence-electron chi connectivity index (χ1n) is 11.0. The number of carbonyl (C=O) groups excluding carboxylic acids is 2. The minimum Gasteiger partial charge on any atom is -0.436 e. The summed E-state index contributed by atoms with van der Waals surface area (Å²) in [6.07, 6.45) is 4.37. The summed E-state index contributed by atoms with van der Waals surface area (Å²) in [4.78, 5) is 35.4. The summed E-state index contributed by atoms with van der Waals surface area (Å²) in [6.45, 7) is 1.56. The number of hydrogen-bond donors (Lipinski definition) is 3. The number of rotatable bonds is 4. The lowest BCUT2D eigenvalue weighted by Gasteiger charge is -2.32. The van der Waals surface area contributed by atoms with Crippen molar-refractivity contribution in [3.05, 3.63) is 52.3 Å². The van der Waals surface area contributed by atoms with Crippen LogP contribution >= 0.6 is 11.6 Å². The molecule has 0 saturated heterocycles. The van der Waals surface area contributed by atoms with Gasteiger partial charge in [0.2, 0.25) is 0 Å². The monoisotopic (exact) mass is 455 g/mol. The number of nitrogens with zero attached hydrogens (tertiary/aromatic N) is 2. The molecule has 8 nitrogen and oxygen atoms in total. The smallest absolute Gasteiger partial charge is 0.307 e. The average Bonchev–Trinajstić information content (AvgIpc) is 3.38. The van der Waals surface area contributed by atoms with Crippen LogP contribution in [0.4, 0.5) is 0 Å². The number of hydrogen-bond acceptors (Lipinski definition) is 5. The SMILES string of the molecule is CN1CCc2nc(C(=O)N[C@H]3CCCC[C@H]3NC(=O)c3cc4cc(Cl)ccc4[nH]3)oc2C1. The van der Waals surface area contributed by atoms with Crippen molar-refractivity contribution in [1.82, 2.24) is 25.5 Å². The highest BCUT2D eigenvalue weighted by molar-refractivity contribution is 6.31. The van der Waals surface area contributed by atoms with Gasteiger partial charge in [0.25, 0.3) is 11.8 Å². The summed E-state index contributed by atoms with van der Waals surface area (Å²) < 4.78 is 5.74. The van der Waals surface area contributed by atoms with Crippen LogP contribution in [0.2, 0.25) is 5.02 Å². The fourth-order valence-electron chi connectivity index (χ4n) is 4.60. The average molecular weight is 456 g/mol. The molecule has 0 bridgehead atoms. The van der Waals surface area contributed by atoms with Gasteiger partial charge in [-0.15, -0.1) is 0 Å². The number of aromatic amines is 1. The van der Waals surface area contributed by atoms with Gasteiger partial charge in [0, 0.05) is 41.0 Å². The molecule has 5 rings (SSSR count). The highest BCUT2D eigenvalue weighted by atomic mass is 35.5. The van der Waals surface area contributed by atoms with Gasteiger partial charge in [-0.25, -0.2) is 4.98 Å². The molecule has 168 valence electrons. The molecule has 1 aliphatic heterocycles. The number of likely N-dealkylation sites (N-methyl/N-ethyl adjacent to an activating group) is 1. The number of nitrogens with one attached hydrogen (secondary N) is 3. The summed E-state index contributed by atoms with van der Waals surface area (Å²) in [7, 11) is 2.02. The van der Waals surface area contributed by atoms with Crippen molar-refractivity contribution >= 4 is 34.3 Å².